The minimum atomic E-state index is 0.882. The zero-order valence-electron chi connectivity index (χ0n) is 30.9. The van der Waals surface area contributed by atoms with Gasteiger partial charge in [0.25, 0.3) is 0 Å². The van der Waals surface area contributed by atoms with Gasteiger partial charge in [0, 0.05) is 38.0 Å². The van der Waals surface area contributed by atoms with Crippen molar-refractivity contribution in [2.24, 2.45) is 0 Å². The van der Waals surface area contributed by atoms with E-state index in [-0.39, 0.29) is 0 Å². The molecular weight excluding hydrogens is 693 g/mol. The van der Waals surface area contributed by atoms with Crippen molar-refractivity contribution in [2.45, 2.75) is 0 Å². The van der Waals surface area contributed by atoms with E-state index >= 15 is 0 Å². The van der Waals surface area contributed by atoms with Crippen molar-refractivity contribution < 1.29 is 4.42 Å². The molecular formula is C54H34N2O. The van der Waals surface area contributed by atoms with Gasteiger partial charge in [-0.25, -0.2) is 0 Å². The summed E-state index contributed by atoms with van der Waals surface area (Å²) in [6.45, 7) is 0. The van der Waals surface area contributed by atoms with E-state index in [0.717, 1.165) is 55.5 Å². The molecule has 0 aliphatic heterocycles. The van der Waals surface area contributed by atoms with Crippen LogP contribution in [0.15, 0.2) is 211 Å². The number of para-hydroxylation sites is 4. The largest absolute Gasteiger partial charge is 0.454 e. The van der Waals surface area contributed by atoms with E-state index in [9.17, 15) is 0 Å². The highest BCUT2D eigenvalue weighted by molar-refractivity contribution is 6.15. The molecule has 0 N–H and O–H groups in total. The molecule has 0 saturated carbocycles. The third kappa shape index (κ3) is 4.92. The first-order valence-electron chi connectivity index (χ1n) is 19.5. The third-order valence-corrected chi connectivity index (χ3v) is 11.7. The Balaban J connectivity index is 1.06. The van der Waals surface area contributed by atoms with Crippen LogP contribution >= 0.6 is 0 Å². The second-order valence-corrected chi connectivity index (χ2v) is 14.9. The van der Waals surface area contributed by atoms with E-state index in [1.165, 1.54) is 54.8 Å². The standard InChI is InChI=1S/C54H34N2O/c1-3-13-35(14-4-1)36-23-25-37(26-24-36)40-33-47-44-19-9-12-22-53(44)57-54(47)52(34-40)56-49-21-11-8-18-43(49)46-32-39(28-30-51(46)56)38-27-29-50-45(31-38)42-17-7-10-20-48(42)55(50)41-15-5-2-6-16-41/h1-34H. The molecule has 12 rings (SSSR count). The molecule has 3 heteroatoms. The van der Waals surface area contributed by atoms with E-state index in [4.69, 9.17) is 4.42 Å². The first kappa shape index (κ1) is 31.7. The highest BCUT2D eigenvalue weighted by atomic mass is 16.3. The highest BCUT2D eigenvalue weighted by Gasteiger charge is 2.20. The van der Waals surface area contributed by atoms with E-state index < -0.39 is 0 Å². The van der Waals surface area contributed by atoms with Crippen LogP contribution in [0.4, 0.5) is 0 Å². The van der Waals surface area contributed by atoms with Gasteiger partial charge in [-0.2, -0.15) is 0 Å². The van der Waals surface area contributed by atoms with Crippen molar-refractivity contribution in [3.8, 4) is 44.8 Å². The van der Waals surface area contributed by atoms with Crippen LogP contribution < -0.4 is 0 Å². The summed E-state index contributed by atoms with van der Waals surface area (Å²) in [5.74, 6) is 0. The Kier molecular flexibility index (Phi) is 6.93. The fourth-order valence-corrected chi connectivity index (χ4v) is 9.05. The second-order valence-electron chi connectivity index (χ2n) is 14.9. The summed E-state index contributed by atoms with van der Waals surface area (Å²) in [6, 6.07) is 74.4. The fourth-order valence-electron chi connectivity index (χ4n) is 9.05. The molecule has 3 heterocycles. The summed E-state index contributed by atoms with van der Waals surface area (Å²) in [6.07, 6.45) is 0. The third-order valence-electron chi connectivity index (χ3n) is 11.7. The smallest absolute Gasteiger partial charge is 0.159 e. The Bertz CT molecular complexity index is 3490. The maximum atomic E-state index is 6.75. The number of benzene rings is 9. The second kappa shape index (κ2) is 12.5. The van der Waals surface area contributed by atoms with Crippen LogP contribution in [0.3, 0.4) is 0 Å². The van der Waals surface area contributed by atoms with Crippen LogP contribution in [0, 0.1) is 0 Å². The quantitative estimate of drug-likeness (QED) is 0.173. The number of hydrogen-bond donors (Lipinski definition) is 0. The summed E-state index contributed by atoms with van der Waals surface area (Å²) < 4.78 is 11.5. The molecule has 266 valence electrons. The molecule has 9 aromatic carbocycles. The van der Waals surface area contributed by atoms with Crippen LogP contribution in [0.2, 0.25) is 0 Å². The molecule has 3 nitrogen and oxygen atoms in total. The van der Waals surface area contributed by atoms with Gasteiger partial charge in [0.1, 0.15) is 5.58 Å². The monoisotopic (exact) mass is 726 g/mol. The molecule has 3 aromatic heterocycles. The lowest BCUT2D eigenvalue weighted by atomic mass is 9.98. The van der Waals surface area contributed by atoms with Gasteiger partial charge in [-0.3, -0.25) is 0 Å². The summed E-state index contributed by atoms with van der Waals surface area (Å²) in [7, 11) is 0. The predicted octanol–water partition coefficient (Wildman–Crippen LogP) is 14.8. The summed E-state index contributed by atoms with van der Waals surface area (Å²) in [4.78, 5) is 0. The van der Waals surface area contributed by atoms with Crippen molar-refractivity contribution >= 4 is 65.6 Å². The minimum absolute atomic E-state index is 0.882. The molecule has 0 unspecified atom stereocenters. The lowest BCUT2D eigenvalue weighted by Crippen LogP contribution is -1.96. The average molecular weight is 727 g/mol. The molecule has 57 heavy (non-hydrogen) atoms. The fraction of sp³-hybridized carbons (Fsp3) is 0. The van der Waals surface area contributed by atoms with Gasteiger partial charge in [-0.15, -0.1) is 0 Å². The van der Waals surface area contributed by atoms with E-state index in [1.54, 1.807) is 0 Å². The van der Waals surface area contributed by atoms with Gasteiger partial charge in [-0.1, -0.05) is 140 Å². The Morgan fingerprint density at radius 1 is 0.281 bits per heavy atom. The first-order valence-corrected chi connectivity index (χ1v) is 19.5. The van der Waals surface area contributed by atoms with Gasteiger partial charge in [0.15, 0.2) is 5.58 Å². The SMILES string of the molecule is c1ccc(-c2ccc(-c3cc(-n4c5ccccc5c5cc(-c6ccc7c(c6)c6ccccc6n7-c6ccccc6)ccc54)c4oc5ccccc5c4c3)cc2)cc1. The van der Waals surface area contributed by atoms with Gasteiger partial charge < -0.3 is 13.6 Å². The van der Waals surface area contributed by atoms with Crippen molar-refractivity contribution in [3.05, 3.63) is 206 Å². The Labute approximate surface area is 328 Å². The molecule has 0 spiro atoms. The number of hydrogen-bond acceptors (Lipinski definition) is 1. The topological polar surface area (TPSA) is 23.0 Å². The van der Waals surface area contributed by atoms with Crippen LogP contribution in [-0.2, 0) is 0 Å². The van der Waals surface area contributed by atoms with Gasteiger partial charge in [0.05, 0.1) is 27.8 Å². The van der Waals surface area contributed by atoms with Crippen molar-refractivity contribution in [2.75, 3.05) is 0 Å². The zero-order chi connectivity index (χ0) is 37.5. The van der Waals surface area contributed by atoms with Gasteiger partial charge in [0.2, 0.25) is 0 Å². The Morgan fingerprint density at radius 2 is 0.737 bits per heavy atom. The molecule has 0 aliphatic carbocycles. The number of nitrogens with zero attached hydrogens (tertiary/aromatic N) is 2. The predicted molar refractivity (Wildman–Crippen MR) is 239 cm³/mol. The van der Waals surface area contributed by atoms with E-state index in [1.807, 2.05) is 6.07 Å². The summed E-state index contributed by atoms with van der Waals surface area (Å²) >= 11 is 0. The normalized spacial score (nSPS) is 11.9. The van der Waals surface area contributed by atoms with E-state index in [2.05, 4.69) is 209 Å². The van der Waals surface area contributed by atoms with Crippen molar-refractivity contribution in [3.63, 3.8) is 0 Å². The van der Waals surface area contributed by atoms with Gasteiger partial charge in [-0.05, 0) is 100 Å². The van der Waals surface area contributed by atoms with Crippen molar-refractivity contribution in [1.82, 2.24) is 9.13 Å². The molecule has 0 amide bonds. The molecule has 0 fully saturated rings. The summed E-state index contributed by atoms with van der Waals surface area (Å²) in [5, 5.41) is 7.13. The maximum absolute atomic E-state index is 6.75. The number of rotatable bonds is 5. The first-order chi connectivity index (χ1) is 28.3. The Hall–Kier alpha value is -7.62. The van der Waals surface area contributed by atoms with Crippen LogP contribution in [0.1, 0.15) is 0 Å². The lowest BCUT2D eigenvalue weighted by Gasteiger charge is -2.12. The lowest BCUT2D eigenvalue weighted by molar-refractivity contribution is 0.666. The molecule has 0 atom stereocenters. The molecule has 0 saturated heterocycles. The molecule has 0 radical (unpaired) electrons. The Morgan fingerprint density at radius 3 is 1.40 bits per heavy atom. The van der Waals surface area contributed by atoms with Crippen LogP contribution in [0.5, 0.6) is 0 Å². The van der Waals surface area contributed by atoms with Crippen LogP contribution in [-0.4, -0.2) is 9.13 Å². The molecule has 12 aromatic rings. The zero-order valence-corrected chi connectivity index (χ0v) is 30.9. The van der Waals surface area contributed by atoms with Crippen molar-refractivity contribution in [1.29, 1.82) is 0 Å². The minimum Gasteiger partial charge on any atom is -0.454 e. The van der Waals surface area contributed by atoms with E-state index in [0.29, 0.717) is 0 Å². The van der Waals surface area contributed by atoms with Gasteiger partial charge >= 0.3 is 0 Å². The average Bonchev–Trinajstić information content (AvgIpc) is 3.94. The van der Waals surface area contributed by atoms with Crippen LogP contribution in [0.25, 0.3) is 110 Å². The maximum Gasteiger partial charge on any atom is 0.159 e. The number of furan rings is 1. The summed E-state index contributed by atoms with van der Waals surface area (Å²) in [5.41, 5.74) is 15.8. The highest BCUT2D eigenvalue weighted by Crippen LogP contribution is 2.42. The number of fused-ring (bicyclic) bond motifs is 9. The molecule has 0 bridgehead atoms. The number of aromatic nitrogens is 2. The molecule has 0 aliphatic rings.